The van der Waals surface area contributed by atoms with Crippen molar-refractivity contribution in [2.24, 2.45) is 0 Å². The number of hydrogen-bond donors (Lipinski definition) is 1. The van der Waals surface area contributed by atoms with E-state index in [0.29, 0.717) is 12.5 Å². The van der Waals surface area contributed by atoms with Crippen LogP contribution >= 0.6 is 0 Å². The number of likely N-dealkylation sites (tertiary alicyclic amines) is 1. The molecular formula is C20H27N3O2. The van der Waals surface area contributed by atoms with Crippen LogP contribution in [0, 0.1) is 20.8 Å². The average Bonchev–Trinajstić information content (AvgIpc) is 2.96. The zero-order chi connectivity index (χ0) is 18.0. The molecule has 3 rings (SSSR count). The van der Waals surface area contributed by atoms with Crippen LogP contribution < -0.4 is 0 Å². The minimum Gasteiger partial charge on any atom is -0.395 e. The standard InChI is InChI=1S/C20H27N3O2/c1-14-4-5-18(15(2)12-14)20(25)22-8-6-17(7-9-22)19-21-13-16(3)23(19)10-11-24/h4-5,12-13,17,24H,6-11H2,1-3H3. The highest BCUT2D eigenvalue weighted by Crippen LogP contribution is 2.29. The quantitative estimate of drug-likeness (QED) is 0.930. The van der Waals surface area contributed by atoms with Crippen molar-refractivity contribution in [3.05, 3.63) is 52.6 Å². The molecule has 1 aliphatic rings. The van der Waals surface area contributed by atoms with Crippen molar-refractivity contribution in [1.82, 2.24) is 14.5 Å². The van der Waals surface area contributed by atoms with Gasteiger partial charge in [0.15, 0.2) is 0 Å². The summed E-state index contributed by atoms with van der Waals surface area (Å²) >= 11 is 0. The van der Waals surface area contributed by atoms with Crippen molar-refractivity contribution >= 4 is 5.91 Å². The molecule has 0 aliphatic carbocycles. The summed E-state index contributed by atoms with van der Waals surface area (Å²) in [7, 11) is 0. The van der Waals surface area contributed by atoms with Gasteiger partial charge in [0.25, 0.3) is 5.91 Å². The van der Waals surface area contributed by atoms with E-state index < -0.39 is 0 Å². The third-order valence-electron chi connectivity index (χ3n) is 5.17. The number of imidazole rings is 1. The highest BCUT2D eigenvalue weighted by molar-refractivity contribution is 5.95. The van der Waals surface area contributed by atoms with E-state index in [-0.39, 0.29) is 12.5 Å². The molecule has 2 aromatic rings. The molecule has 1 amide bonds. The number of amides is 1. The number of nitrogens with zero attached hydrogens (tertiary/aromatic N) is 3. The highest BCUT2D eigenvalue weighted by atomic mass is 16.3. The third-order valence-corrected chi connectivity index (χ3v) is 5.17. The van der Waals surface area contributed by atoms with Gasteiger partial charge in [-0.05, 0) is 45.2 Å². The maximum Gasteiger partial charge on any atom is 0.254 e. The Hall–Kier alpha value is -2.14. The van der Waals surface area contributed by atoms with Gasteiger partial charge in [0, 0.05) is 43.0 Å². The number of hydrogen-bond acceptors (Lipinski definition) is 3. The van der Waals surface area contributed by atoms with Crippen molar-refractivity contribution in [2.75, 3.05) is 19.7 Å². The first-order valence-electron chi connectivity index (χ1n) is 9.00. The molecule has 0 spiro atoms. The number of carbonyl (C=O) groups is 1. The van der Waals surface area contributed by atoms with Gasteiger partial charge >= 0.3 is 0 Å². The van der Waals surface area contributed by atoms with Gasteiger partial charge in [0.2, 0.25) is 0 Å². The Kier molecular flexibility index (Phi) is 5.23. The number of piperidine rings is 1. The Morgan fingerprint density at radius 1 is 1.24 bits per heavy atom. The molecule has 1 saturated heterocycles. The van der Waals surface area contributed by atoms with E-state index in [1.807, 2.05) is 44.0 Å². The minimum atomic E-state index is 0.119. The molecule has 1 aliphatic heterocycles. The summed E-state index contributed by atoms with van der Waals surface area (Å²) in [6.07, 6.45) is 3.70. The second-order valence-corrected chi connectivity index (χ2v) is 7.02. The van der Waals surface area contributed by atoms with Crippen LogP contribution in [0.15, 0.2) is 24.4 Å². The zero-order valence-electron chi connectivity index (χ0n) is 15.3. The lowest BCUT2D eigenvalue weighted by Gasteiger charge is -2.32. The number of aliphatic hydroxyl groups excluding tert-OH is 1. The molecule has 1 fully saturated rings. The molecule has 5 nitrogen and oxygen atoms in total. The lowest BCUT2D eigenvalue weighted by atomic mass is 9.94. The number of rotatable bonds is 4. The maximum atomic E-state index is 12.8. The molecule has 134 valence electrons. The fourth-order valence-corrected chi connectivity index (χ4v) is 3.76. The Morgan fingerprint density at radius 2 is 1.96 bits per heavy atom. The van der Waals surface area contributed by atoms with Crippen LogP contribution in [0.3, 0.4) is 0 Å². The van der Waals surface area contributed by atoms with E-state index in [2.05, 4.69) is 15.6 Å². The van der Waals surface area contributed by atoms with Crippen LogP contribution in [-0.4, -0.2) is 45.2 Å². The van der Waals surface area contributed by atoms with Gasteiger partial charge < -0.3 is 14.6 Å². The lowest BCUT2D eigenvalue weighted by molar-refractivity contribution is 0.0709. The van der Waals surface area contributed by atoms with Gasteiger partial charge in [-0.15, -0.1) is 0 Å². The summed E-state index contributed by atoms with van der Waals surface area (Å²) in [5.41, 5.74) is 4.11. The van der Waals surface area contributed by atoms with Crippen LogP contribution in [0.2, 0.25) is 0 Å². The summed E-state index contributed by atoms with van der Waals surface area (Å²) in [6, 6.07) is 6.01. The topological polar surface area (TPSA) is 58.4 Å². The van der Waals surface area contributed by atoms with Crippen molar-refractivity contribution in [3.8, 4) is 0 Å². The van der Waals surface area contributed by atoms with Crippen molar-refractivity contribution in [1.29, 1.82) is 0 Å². The molecule has 0 radical (unpaired) electrons. The number of benzene rings is 1. The summed E-state index contributed by atoms with van der Waals surface area (Å²) in [4.78, 5) is 19.3. The fourth-order valence-electron chi connectivity index (χ4n) is 3.76. The molecule has 0 unspecified atom stereocenters. The van der Waals surface area contributed by atoms with Gasteiger partial charge in [0.1, 0.15) is 5.82 Å². The van der Waals surface area contributed by atoms with E-state index in [9.17, 15) is 9.90 Å². The summed E-state index contributed by atoms with van der Waals surface area (Å²) in [5, 5.41) is 9.27. The van der Waals surface area contributed by atoms with E-state index in [1.165, 1.54) is 5.56 Å². The molecule has 0 bridgehead atoms. The molecule has 5 heteroatoms. The van der Waals surface area contributed by atoms with Crippen molar-refractivity contribution < 1.29 is 9.90 Å². The summed E-state index contributed by atoms with van der Waals surface area (Å²) in [6.45, 7) is 8.27. The van der Waals surface area contributed by atoms with Gasteiger partial charge in [-0.3, -0.25) is 4.79 Å². The molecule has 1 aromatic heterocycles. The number of aryl methyl sites for hydroxylation is 3. The normalized spacial score (nSPS) is 15.6. The van der Waals surface area contributed by atoms with Gasteiger partial charge in [-0.2, -0.15) is 0 Å². The van der Waals surface area contributed by atoms with E-state index in [1.54, 1.807) is 0 Å². The van der Waals surface area contributed by atoms with Crippen LogP contribution in [0.4, 0.5) is 0 Å². The second-order valence-electron chi connectivity index (χ2n) is 7.02. The largest absolute Gasteiger partial charge is 0.395 e. The van der Waals surface area contributed by atoms with Crippen LogP contribution in [0.25, 0.3) is 0 Å². The Bertz CT molecular complexity index is 758. The lowest BCUT2D eigenvalue weighted by Crippen LogP contribution is -2.38. The maximum absolute atomic E-state index is 12.8. The molecular weight excluding hydrogens is 314 g/mol. The van der Waals surface area contributed by atoms with Crippen LogP contribution in [-0.2, 0) is 6.54 Å². The molecule has 1 aromatic carbocycles. The van der Waals surface area contributed by atoms with Gasteiger partial charge in [-0.25, -0.2) is 4.98 Å². The summed E-state index contributed by atoms with van der Waals surface area (Å²) < 4.78 is 2.10. The molecule has 0 atom stereocenters. The van der Waals surface area contributed by atoms with E-state index >= 15 is 0 Å². The monoisotopic (exact) mass is 341 g/mol. The van der Waals surface area contributed by atoms with Gasteiger partial charge in [-0.1, -0.05) is 17.7 Å². The summed E-state index contributed by atoms with van der Waals surface area (Å²) in [5.74, 6) is 1.53. The third kappa shape index (κ3) is 3.61. The number of aromatic nitrogens is 2. The predicted molar refractivity (Wildman–Crippen MR) is 97.8 cm³/mol. The first-order chi connectivity index (χ1) is 12.0. The van der Waals surface area contributed by atoms with E-state index in [4.69, 9.17) is 0 Å². The molecule has 2 heterocycles. The Balaban J connectivity index is 1.68. The number of carbonyl (C=O) groups excluding carboxylic acids is 1. The van der Waals surface area contributed by atoms with E-state index in [0.717, 1.165) is 48.6 Å². The SMILES string of the molecule is Cc1ccc(C(=O)N2CCC(c3ncc(C)n3CCO)CC2)c(C)c1. The zero-order valence-corrected chi connectivity index (χ0v) is 15.3. The Labute approximate surface area is 149 Å². The van der Waals surface area contributed by atoms with Crippen molar-refractivity contribution in [2.45, 2.75) is 46.1 Å². The first kappa shape index (κ1) is 17.7. The van der Waals surface area contributed by atoms with Crippen LogP contribution in [0.5, 0.6) is 0 Å². The number of aliphatic hydroxyl groups is 1. The smallest absolute Gasteiger partial charge is 0.254 e. The highest BCUT2D eigenvalue weighted by Gasteiger charge is 2.27. The second kappa shape index (κ2) is 7.40. The fraction of sp³-hybridized carbons (Fsp3) is 0.500. The van der Waals surface area contributed by atoms with Crippen molar-refractivity contribution in [3.63, 3.8) is 0 Å². The van der Waals surface area contributed by atoms with Gasteiger partial charge in [0.05, 0.1) is 6.61 Å². The predicted octanol–water partition coefficient (Wildman–Crippen LogP) is 2.82. The molecule has 1 N–H and O–H groups in total. The molecule has 25 heavy (non-hydrogen) atoms. The van der Waals surface area contributed by atoms with Crippen LogP contribution in [0.1, 0.15) is 51.8 Å². The molecule has 0 saturated carbocycles. The Morgan fingerprint density at radius 3 is 2.60 bits per heavy atom. The average molecular weight is 341 g/mol. The minimum absolute atomic E-state index is 0.119. The first-order valence-corrected chi connectivity index (χ1v) is 9.00.